The van der Waals surface area contributed by atoms with Crippen molar-refractivity contribution < 1.29 is 9.90 Å². The number of thioether (sulfide) groups is 1. The van der Waals surface area contributed by atoms with Crippen LogP contribution in [0.2, 0.25) is 0 Å². The molecule has 98 valence electrons. The number of aromatic nitrogens is 2. The lowest BCUT2D eigenvalue weighted by atomic mass is 10.2. The standard InChI is InChI=1S/C13H12N2O3S/c1-2-7-15-12(18)9-5-3-4-6-10(9)14-13(15)19-8-11(16)17/h2-6H,1,7-8H2,(H,16,17). The molecule has 0 aliphatic carbocycles. The van der Waals surface area contributed by atoms with E-state index in [1.54, 1.807) is 30.3 Å². The summed E-state index contributed by atoms with van der Waals surface area (Å²) >= 11 is 1.03. The van der Waals surface area contributed by atoms with Crippen LogP contribution in [0.15, 0.2) is 46.9 Å². The Kier molecular flexibility index (Phi) is 4.01. The first-order valence-corrected chi connectivity index (χ1v) is 6.57. The molecule has 0 aliphatic heterocycles. The van der Waals surface area contributed by atoms with Crippen molar-refractivity contribution in [2.45, 2.75) is 11.7 Å². The summed E-state index contributed by atoms with van der Waals surface area (Å²) in [5, 5.41) is 9.63. The number of para-hydroxylation sites is 1. The molecule has 0 atom stereocenters. The second-order valence-corrected chi connectivity index (χ2v) is 4.74. The van der Waals surface area contributed by atoms with Crippen molar-refractivity contribution in [2.75, 3.05) is 5.75 Å². The van der Waals surface area contributed by atoms with Crippen LogP contribution in [0.25, 0.3) is 10.9 Å². The fraction of sp³-hybridized carbons (Fsp3) is 0.154. The van der Waals surface area contributed by atoms with Gasteiger partial charge in [0.15, 0.2) is 5.16 Å². The predicted octanol–water partition coefficient (Wildman–Crippen LogP) is 1.76. The maximum atomic E-state index is 12.3. The third-order valence-corrected chi connectivity index (χ3v) is 3.42. The number of hydrogen-bond acceptors (Lipinski definition) is 4. The summed E-state index contributed by atoms with van der Waals surface area (Å²) in [5.41, 5.74) is 0.388. The van der Waals surface area contributed by atoms with Crippen molar-refractivity contribution in [3.8, 4) is 0 Å². The van der Waals surface area contributed by atoms with Gasteiger partial charge in [-0.25, -0.2) is 4.98 Å². The number of hydrogen-bond donors (Lipinski definition) is 1. The van der Waals surface area contributed by atoms with E-state index in [0.29, 0.717) is 22.6 Å². The zero-order valence-electron chi connectivity index (χ0n) is 10.1. The van der Waals surface area contributed by atoms with E-state index < -0.39 is 5.97 Å². The Morgan fingerprint density at radius 1 is 1.47 bits per heavy atom. The maximum absolute atomic E-state index is 12.3. The first kappa shape index (κ1) is 13.4. The molecule has 0 fully saturated rings. The highest BCUT2D eigenvalue weighted by molar-refractivity contribution is 7.99. The molecule has 2 aromatic rings. The maximum Gasteiger partial charge on any atom is 0.313 e. The molecule has 0 spiro atoms. The fourth-order valence-corrected chi connectivity index (χ4v) is 2.40. The van der Waals surface area contributed by atoms with Crippen molar-refractivity contribution in [3.05, 3.63) is 47.3 Å². The number of rotatable bonds is 5. The molecule has 0 unspecified atom stereocenters. The molecule has 1 N–H and O–H groups in total. The van der Waals surface area contributed by atoms with Gasteiger partial charge in [0, 0.05) is 6.54 Å². The number of allylic oxidation sites excluding steroid dienone is 1. The van der Waals surface area contributed by atoms with Gasteiger partial charge < -0.3 is 5.11 Å². The molecule has 0 amide bonds. The molecule has 0 aliphatic rings. The van der Waals surface area contributed by atoms with E-state index in [4.69, 9.17) is 5.11 Å². The Balaban J connectivity index is 2.59. The second kappa shape index (κ2) is 5.71. The van der Waals surface area contributed by atoms with E-state index in [9.17, 15) is 9.59 Å². The van der Waals surface area contributed by atoms with Crippen LogP contribution in [-0.2, 0) is 11.3 Å². The van der Waals surface area contributed by atoms with Crippen molar-refractivity contribution >= 4 is 28.6 Å². The van der Waals surface area contributed by atoms with Crippen LogP contribution in [0.4, 0.5) is 0 Å². The van der Waals surface area contributed by atoms with Gasteiger partial charge in [0.1, 0.15) is 0 Å². The number of aliphatic carboxylic acids is 1. The van der Waals surface area contributed by atoms with Crippen molar-refractivity contribution in [1.29, 1.82) is 0 Å². The van der Waals surface area contributed by atoms with Crippen LogP contribution < -0.4 is 5.56 Å². The highest BCUT2D eigenvalue weighted by Crippen LogP contribution is 2.17. The van der Waals surface area contributed by atoms with Gasteiger partial charge in [-0.2, -0.15) is 0 Å². The summed E-state index contributed by atoms with van der Waals surface area (Å²) in [4.78, 5) is 27.3. The summed E-state index contributed by atoms with van der Waals surface area (Å²) in [5.74, 6) is -1.08. The molecule has 0 saturated carbocycles. The molecule has 1 heterocycles. The molecular weight excluding hydrogens is 264 g/mol. The lowest BCUT2D eigenvalue weighted by Crippen LogP contribution is -2.23. The van der Waals surface area contributed by atoms with Crippen molar-refractivity contribution in [2.24, 2.45) is 0 Å². The minimum atomic E-state index is -0.947. The Labute approximate surface area is 113 Å². The van der Waals surface area contributed by atoms with E-state index in [-0.39, 0.29) is 11.3 Å². The summed E-state index contributed by atoms with van der Waals surface area (Å²) in [7, 11) is 0. The number of fused-ring (bicyclic) bond motifs is 1. The van der Waals surface area contributed by atoms with Gasteiger partial charge in [0.25, 0.3) is 5.56 Å². The lowest BCUT2D eigenvalue weighted by molar-refractivity contribution is -0.133. The first-order valence-electron chi connectivity index (χ1n) is 5.58. The van der Waals surface area contributed by atoms with Crippen molar-refractivity contribution in [1.82, 2.24) is 9.55 Å². The molecule has 6 heteroatoms. The van der Waals surface area contributed by atoms with Gasteiger partial charge in [-0.1, -0.05) is 30.0 Å². The summed E-state index contributed by atoms with van der Waals surface area (Å²) in [6.07, 6.45) is 1.59. The third kappa shape index (κ3) is 2.85. The van der Waals surface area contributed by atoms with Crippen LogP contribution in [0.5, 0.6) is 0 Å². The van der Waals surface area contributed by atoms with Crippen molar-refractivity contribution in [3.63, 3.8) is 0 Å². The summed E-state index contributed by atoms with van der Waals surface area (Å²) < 4.78 is 1.43. The molecular formula is C13H12N2O3S. The van der Waals surface area contributed by atoms with Crippen LogP contribution >= 0.6 is 11.8 Å². The quantitative estimate of drug-likeness (QED) is 0.512. The average Bonchev–Trinajstić information content (AvgIpc) is 2.40. The molecule has 19 heavy (non-hydrogen) atoms. The minimum absolute atomic E-state index is 0.137. The van der Waals surface area contributed by atoms with E-state index in [2.05, 4.69) is 11.6 Å². The third-order valence-electron chi connectivity index (χ3n) is 2.46. The Morgan fingerprint density at radius 2 is 2.21 bits per heavy atom. The number of carbonyl (C=O) groups is 1. The van der Waals surface area contributed by atoms with Gasteiger partial charge in [-0.15, -0.1) is 6.58 Å². The largest absolute Gasteiger partial charge is 0.481 e. The van der Waals surface area contributed by atoms with Gasteiger partial charge in [-0.05, 0) is 12.1 Å². The summed E-state index contributed by atoms with van der Waals surface area (Å²) in [6.45, 7) is 3.90. The zero-order valence-corrected chi connectivity index (χ0v) is 10.9. The van der Waals surface area contributed by atoms with E-state index >= 15 is 0 Å². The van der Waals surface area contributed by atoms with Crippen LogP contribution in [0.1, 0.15) is 0 Å². The summed E-state index contributed by atoms with van der Waals surface area (Å²) in [6, 6.07) is 7.00. The molecule has 0 radical (unpaired) electrons. The monoisotopic (exact) mass is 276 g/mol. The molecule has 0 bridgehead atoms. The topological polar surface area (TPSA) is 72.2 Å². The SMILES string of the molecule is C=CCn1c(SCC(=O)O)nc2ccccc2c1=O. The molecule has 1 aromatic heterocycles. The average molecular weight is 276 g/mol. The zero-order chi connectivity index (χ0) is 13.8. The fourth-order valence-electron chi connectivity index (χ4n) is 1.67. The van der Waals surface area contributed by atoms with E-state index in [1.165, 1.54) is 4.57 Å². The predicted molar refractivity (Wildman–Crippen MR) is 74.6 cm³/mol. The molecule has 0 saturated heterocycles. The minimum Gasteiger partial charge on any atom is -0.481 e. The van der Waals surface area contributed by atoms with E-state index in [0.717, 1.165) is 11.8 Å². The van der Waals surface area contributed by atoms with Gasteiger partial charge >= 0.3 is 5.97 Å². The molecule has 2 rings (SSSR count). The molecule has 5 nitrogen and oxygen atoms in total. The number of benzene rings is 1. The van der Waals surface area contributed by atoms with Crippen LogP contribution in [0.3, 0.4) is 0 Å². The van der Waals surface area contributed by atoms with Crippen LogP contribution in [0, 0.1) is 0 Å². The number of carboxylic acid groups (broad SMARTS) is 1. The highest BCUT2D eigenvalue weighted by Gasteiger charge is 2.11. The van der Waals surface area contributed by atoms with E-state index in [1.807, 2.05) is 0 Å². The Morgan fingerprint density at radius 3 is 2.89 bits per heavy atom. The van der Waals surface area contributed by atoms with Gasteiger partial charge in [0.2, 0.25) is 0 Å². The van der Waals surface area contributed by atoms with Gasteiger partial charge in [-0.3, -0.25) is 14.2 Å². The smallest absolute Gasteiger partial charge is 0.313 e. The number of carboxylic acids is 1. The normalized spacial score (nSPS) is 10.5. The molecule has 1 aromatic carbocycles. The first-order chi connectivity index (χ1) is 9.13. The van der Waals surface area contributed by atoms with Gasteiger partial charge in [0.05, 0.1) is 16.7 Å². The second-order valence-electron chi connectivity index (χ2n) is 3.80. The Hall–Kier alpha value is -2.08. The highest BCUT2D eigenvalue weighted by atomic mass is 32.2. The number of nitrogens with zero attached hydrogens (tertiary/aromatic N) is 2. The lowest BCUT2D eigenvalue weighted by Gasteiger charge is -2.10. The Bertz CT molecular complexity index is 694. The van der Waals surface area contributed by atoms with Crippen LogP contribution in [-0.4, -0.2) is 26.4 Å².